The fourth-order valence-electron chi connectivity index (χ4n) is 1.07. The van der Waals surface area contributed by atoms with E-state index >= 15 is 0 Å². The van der Waals surface area contributed by atoms with E-state index in [1.807, 2.05) is 0 Å². The predicted octanol–water partition coefficient (Wildman–Crippen LogP) is 1.32. The normalized spacial score (nSPS) is 14.6. The number of hydrogen-bond acceptors (Lipinski definition) is 2. The number of alkyl halides is 6. The summed E-state index contributed by atoms with van der Waals surface area (Å²) in [6.45, 7) is 0.611. The van der Waals surface area contributed by atoms with E-state index in [1.54, 1.807) is 0 Å². The van der Waals surface area contributed by atoms with E-state index in [9.17, 15) is 35.9 Å². The lowest BCUT2D eigenvalue weighted by Gasteiger charge is -2.28. The molecule has 1 amide bonds. The molecular weight excluding hydrogens is 260 g/mol. The average molecular weight is 267 g/mol. The van der Waals surface area contributed by atoms with Crippen molar-refractivity contribution < 1.29 is 41.0 Å². The quantitative estimate of drug-likeness (QED) is 0.758. The summed E-state index contributed by atoms with van der Waals surface area (Å²) < 4.78 is 72.9. The minimum atomic E-state index is -5.83. The van der Waals surface area contributed by atoms with E-state index in [1.165, 1.54) is 0 Å². The molecule has 0 aromatic heterocycles. The highest BCUT2D eigenvalue weighted by Crippen LogP contribution is 2.41. The van der Waals surface area contributed by atoms with Gasteiger partial charge in [-0.15, -0.1) is 0 Å². The summed E-state index contributed by atoms with van der Waals surface area (Å²) in [7, 11) is 0. The van der Waals surface area contributed by atoms with Crippen LogP contribution in [0.1, 0.15) is 6.92 Å². The number of carbonyl (C=O) groups excluding carboxylic acids is 1. The van der Waals surface area contributed by atoms with Gasteiger partial charge >= 0.3 is 18.3 Å². The summed E-state index contributed by atoms with van der Waals surface area (Å²) in [5, 5.41) is 9.42. The standard InChI is InChI=1S/C7H7F6NO3/c1-2(15)14-3(5(16)17)4(6(8,9)10)7(11,12)13/h3-4H,1H3,(H,14,15)(H,16,17)/t3-/m0/s1. The molecule has 0 unspecified atom stereocenters. The predicted molar refractivity (Wildman–Crippen MR) is 40.8 cm³/mol. The fourth-order valence-corrected chi connectivity index (χ4v) is 1.07. The Morgan fingerprint density at radius 1 is 1.06 bits per heavy atom. The molecule has 0 aliphatic heterocycles. The first-order valence-electron chi connectivity index (χ1n) is 4.00. The SMILES string of the molecule is CC(=O)N[C@H](C(=O)O)C(C(F)(F)F)C(F)(F)F. The van der Waals surface area contributed by atoms with Crippen molar-refractivity contribution in [3.8, 4) is 0 Å². The zero-order chi connectivity index (χ0) is 14.0. The van der Waals surface area contributed by atoms with Gasteiger partial charge in [-0.05, 0) is 0 Å². The first-order chi connectivity index (χ1) is 7.37. The first kappa shape index (κ1) is 15.5. The molecule has 17 heavy (non-hydrogen) atoms. The Labute approximate surface area is 90.6 Å². The number of carbonyl (C=O) groups is 2. The second-order valence-electron chi connectivity index (χ2n) is 3.08. The number of rotatable bonds is 3. The van der Waals surface area contributed by atoms with E-state index in [0.29, 0.717) is 6.92 Å². The molecular formula is C7H7F6NO3. The topological polar surface area (TPSA) is 66.4 Å². The van der Waals surface area contributed by atoms with Crippen LogP contribution in [0.3, 0.4) is 0 Å². The van der Waals surface area contributed by atoms with Crippen molar-refractivity contribution in [3.05, 3.63) is 0 Å². The van der Waals surface area contributed by atoms with Gasteiger partial charge in [-0.2, -0.15) is 26.3 Å². The number of aliphatic carboxylic acids is 1. The van der Waals surface area contributed by atoms with Crippen molar-refractivity contribution in [1.29, 1.82) is 0 Å². The molecule has 4 nitrogen and oxygen atoms in total. The average Bonchev–Trinajstić information content (AvgIpc) is 1.95. The van der Waals surface area contributed by atoms with Gasteiger partial charge in [0.1, 0.15) is 6.04 Å². The van der Waals surface area contributed by atoms with E-state index in [2.05, 4.69) is 0 Å². The number of carboxylic acids is 1. The zero-order valence-corrected chi connectivity index (χ0v) is 8.19. The van der Waals surface area contributed by atoms with Crippen LogP contribution in [0.4, 0.5) is 26.3 Å². The monoisotopic (exact) mass is 267 g/mol. The highest BCUT2D eigenvalue weighted by Gasteiger charge is 2.62. The lowest BCUT2D eigenvalue weighted by Crippen LogP contribution is -2.55. The van der Waals surface area contributed by atoms with E-state index in [-0.39, 0.29) is 0 Å². The summed E-state index contributed by atoms with van der Waals surface area (Å²) in [4.78, 5) is 20.8. The number of hydrogen-bond donors (Lipinski definition) is 2. The van der Waals surface area contributed by atoms with E-state index in [0.717, 1.165) is 5.32 Å². The molecule has 0 aliphatic carbocycles. The van der Waals surface area contributed by atoms with Crippen LogP contribution in [0, 0.1) is 5.92 Å². The van der Waals surface area contributed by atoms with Crippen LogP contribution >= 0.6 is 0 Å². The lowest BCUT2D eigenvalue weighted by molar-refractivity contribution is -0.290. The Bertz CT molecular complexity index is 296. The molecule has 0 spiro atoms. The Morgan fingerprint density at radius 2 is 1.41 bits per heavy atom. The molecule has 0 heterocycles. The summed E-state index contributed by atoms with van der Waals surface area (Å²) in [6.07, 6.45) is -11.7. The van der Waals surface area contributed by atoms with Gasteiger partial charge in [0.25, 0.3) is 0 Å². The Balaban J connectivity index is 5.39. The maximum absolute atomic E-state index is 12.1. The van der Waals surface area contributed by atoms with Gasteiger partial charge in [-0.3, -0.25) is 4.79 Å². The van der Waals surface area contributed by atoms with Gasteiger partial charge in [-0.25, -0.2) is 4.79 Å². The van der Waals surface area contributed by atoms with Crippen LogP contribution in [0.5, 0.6) is 0 Å². The molecule has 0 rings (SSSR count). The van der Waals surface area contributed by atoms with Gasteiger partial charge in [0.2, 0.25) is 5.91 Å². The number of halogens is 6. The first-order valence-corrected chi connectivity index (χ1v) is 4.00. The fraction of sp³-hybridized carbons (Fsp3) is 0.714. The summed E-state index contributed by atoms with van der Waals surface area (Å²) in [5.41, 5.74) is 0. The molecule has 10 heteroatoms. The second kappa shape index (κ2) is 4.80. The molecule has 0 saturated heterocycles. The van der Waals surface area contributed by atoms with Crippen LogP contribution < -0.4 is 5.32 Å². The largest absolute Gasteiger partial charge is 0.480 e. The van der Waals surface area contributed by atoms with Crippen molar-refractivity contribution in [2.75, 3.05) is 0 Å². The Morgan fingerprint density at radius 3 is 1.59 bits per heavy atom. The highest BCUT2D eigenvalue weighted by molar-refractivity contribution is 5.82. The third-order valence-electron chi connectivity index (χ3n) is 1.66. The maximum atomic E-state index is 12.1. The molecule has 100 valence electrons. The molecule has 0 bridgehead atoms. The van der Waals surface area contributed by atoms with Crippen molar-refractivity contribution >= 4 is 11.9 Å². The number of amides is 1. The van der Waals surface area contributed by atoms with Crippen molar-refractivity contribution in [2.45, 2.75) is 25.3 Å². The molecule has 0 saturated carbocycles. The van der Waals surface area contributed by atoms with Crippen LogP contribution in [-0.2, 0) is 9.59 Å². The summed E-state index contributed by atoms with van der Waals surface area (Å²) in [5.74, 6) is -7.88. The maximum Gasteiger partial charge on any atom is 0.403 e. The van der Waals surface area contributed by atoms with Gasteiger partial charge < -0.3 is 10.4 Å². The van der Waals surface area contributed by atoms with Crippen LogP contribution in [-0.4, -0.2) is 35.4 Å². The van der Waals surface area contributed by atoms with E-state index in [4.69, 9.17) is 5.11 Å². The lowest BCUT2D eigenvalue weighted by atomic mass is 9.98. The third-order valence-corrected chi connectivity index (χ3v) is 1.66. The zero-order valence-electron chi connectivity index (χ0n) is 8.19. The number of carboxylic acid groups (broad SMARTS) is 1. The van der Waals surface area contributed by atoms with Gasteiger partial charge in [0.15, 0.2) is 5.92 Å². The molecule has 0 aromatic rings. The Hall–Kier alpha value is -1.48. The third kappa shape index (κ3) is 4.49. The summed E-state index contributed by atoms with van der Waals surface area (Å²) in [6, 6.07) is -3.10. The molecule has 0 radical (unpaired) electrons. The van der Waals surface area contributed by atoms with Crippen LogP contribution in [0.15, 0.2) is 0 Å². The smallest absolute Gasteiger partial charge is 0.403 e. The molecule has 1 atom stereocenters. The molecule has 0 fully saturated rings. The molecule has 2 N–H and O–H groups in total. The van der Waals surface area contributed by atoms with Gasteiger partial charge in [0.05, 0.1) is 0 Å². The minimum Gasteiger partial charge on any atom is -0.480 e. The van der Waals surface area contributed by atoms with Crippen molar-refractivity contribution in [2.24, 2.45) is 5.92 Å². The van der Waals surface area contributed by atoms with Crippen molar-refractivity contribution in [1.82, 2.24) is 5.32 Å². The van der Waals surface area contributed by atoms with Crippen LogP contribution in [0.25, 0.3) is 0 Å². The van der Waals surface area contributed by atoms with Gasteiger partial charge in [-0.1, -0.05) is 0 Å². The summed E-state index contributed by atoms with van der Waals surface area (Å²) >= 11 is 0. The van der Waals surface area contributed by atoms with Crippen LogP contribution in [0.2, 0.25) is 0 Å². The van der Waals surface area contributed by atoms with Gasteiger partial charge in [0, 0.05) is 6.92 Å². The minimum absolute atomic E-state index is 0.611. The second-order valence-corrected chi connectivity index (χ2v) is 3.08. The molecule has 0 aliphatic rings. The Kier molecular flexibility index (Phi) is 4.38. The highest BCUT2D eigenvalue weighted by atomic mass is 19.4. The number of nitrogens with one attached hydrogen (secondary N) is 1. The van der Waals surface area contributed by atoms with E-state index < -0.39 is 36.2 Å². The molecule has 0 aromatic carbocycles. The van der Waals surface area contributed by atoms with Crippen molar-refractivity contribution in [3.63, 3.8) is 0 Å².